The van der Waals surface area contributed by atoms with Crippen LogP contribution >= 0.6 is 0 Å². The number of benzene rings is 1. The quantitative estimate of drug-likeness (QED) is 0.805. The summed E-state index contributed by atoms with van der Waals surface area (Å²) < 4.78 is 1.81. The second-order valence-electron chi connectivity index (χ2n) is 4.98. The molecule has 2 aromatic heterocycles. The zero-order valence-electron chi connectivity index (χ0n) is 12.7. The smallest absolute Gasteiger partial charge is 0.252 e. The van der Waals surface area contributed by atoms with Crippen LogP contribution in [-0.4, -0.2) is 27.2 Å². The summed E-state index contributed by atoms with van der Waals surface area (Å²) in [5.41, 5.74) is 3.12. The molecule has 1 aromatic carbocycles. The highest BCUT2D eigenvalue weighted by Crippen LogP contribution is 2.24. The van der Waals surface area contributed by atoms with Gasteiger partial charge in [-0.2, -0.15) is 5.10 Å². The van der Waals surface area contributed by atoms with Crippen LogP contribution in [-0.2, 0) is 6.54 Å². The Balaban J connectivity index is 2.24. The number of rotatable bonds is 4. The third kappa shape index (κ3) is 2.45. The van der Waals surface area contributed by atoms with Crippen molar-refractivity contribution in [1.82, 2.24) is 20.1 Å². The fraction of sp³-hybridized carbons (Fsp3) is 0.235. The Bertz CT molecular complexity index is 808. The average Bonchev–Trinajstić information content (AvgIpc) is 2.98. The molecule has 3 rings (SSSR count). The van der Waals surface area contributed by atoms with Gasteiger partial charge in [0.05, 0.1) is 22.8 Å². The number of carbonyl (C=O) groups is 1. The van der Waals surface area contributed by atoms with Crippen LogP contribution in [0.15, 0.2) is 42.6 Å². The number of nitrogens with zero attached hydrogens (tertiary/aromatic N) is 3. The fourth-order valence-corrected chi connectivity index (χ4v) is 2.48. The van der Waals surface area contributed by atoms with Crippen molar-refractivity contribution in [2.75, 3.05) is 6.54 Å². The van der Waals surface area contributed by atoms with Gasteiger partial charge in [0.2, 0.25) is 0 Å². The van der Waals surface area contributed by atoms with Crippen molar-refractivity contribution in [2.45, 2.75) is 20.4 Å². The SMILES string of the molecule is CCNC(=O)c1cc(-c2ccccc2)nc2c1cnn2CC. The molecule has 3 aromatic rings. The lowest BCUT2D eigenvalue weighted by Gasteiger charge is -2.08. The van der Waals surface area contributed by atoms with Crippen molar-refractivity contribution in [3.05, 3.63) is 48.2 Å². The molecule has 0 saturated heterocycles. The normalized spacial score (nSPS) is 10.8. The van der Waals surface area contributed by atoms with Gasteiger partial charge >= 0.3 is 0 Å². The van der Waals surface area contributed by atoms with Gasteiger partial charge in [-0.05, 0) is 19.9 Å². The van der Waals surface area contributed by atoms with E-state index in [0.717, 1.165) is 22.3 Å². The van der Waals surface area contributed by atoms with Gasteiger partial charge in [0, 0.05) is 18.7 Å². The van der Waals surface area contributed by atoms with Gasteiger partial charge in [-0.15, -0.1) is 0 Å². The molecule has 0 atom stereocenters. The van der Waals surface area contributed by atoms with E-state index < -0.39 is 0 Å². The Morgan fingerprint density at radius 2 is 2.00 bits per heavy atom. The lowest BCUT2D eigenvalue weighted by molar-refractivity contribution is 0.0957. The summed E-state index contributed by atoms with van der Waals surface area (Å²) in [4.78, 5) is 17.1. The van der Waals surface area contributed by atoms with Gasteiger partial charge in [-0.3, -0.25) is 4.79 Å². The number of nitrogens with one attached hydrogen (secondary N) is 1. The number of amides is 1. The van der Waals surface area contributed by atoms with Gasteiger partial charge in [-0.1, -0.05) is 30.3 Å². The second kappa shape index (κ2) is 5.97. The average molecular weight is 294 g/mol. The molecule has 0 aliphatic rings. The van der Waals surface area contributed by atoms with Crippen LogP contribution < -0.4 is 5.32 Å². The summed E-state index contributed by atoms with van der Waals surface area (Å²) in [7, 11) is 0. The minimum atomic E-state index is -0.0947. The van der Waals surface area contributed by atoms with E-state index in [1.165, 1.54) is 0 Å². The van der Waals surface area contributed by atoms with Crippen LogP contribution in [0.3, 0.4) is 0 Å². The third-order valence-electron chi connectivity index (χ3n) is 3.56. The van der Waals surface area contributed by atoms with Crippen LogP contribution in [0.4, 0.5) is 0 Å². The summed E-state index contributed by atoms with van der Waals surface area (Å²) in [5.74, 6) is -0.0947. The van der Waals surface area contributed by atoms with E-state index in [-0.39, 0.29) is 5.91 Å². The lowest BCUT2D eigenvalue weighted by Crippen LogP contribution is -2.23. The van der Waals surface area contributed by atoms with E-state index in [1.54, 1.807) is 6.20 Å². The number of aromatic nitrogens is 3. The summed E-state index contributed by atoms with van der Waals surface area (Å²) >= 11 is 0. The standard InChI is InChI=1S/C17H18N4O/c1-3-18-17(22)13-10-15(12-8-6-5-7-9-12)20-16-14(13)11-19-21(16)4-2/h5-11H,3-4H2,1-2H3,(H,18,22). The first-order valence-electron chi connectivity index (χ1n) is 7.44. The zero-order valence-corrected chi connectivity index (χ0v) is 12.7. The first-order chi connectivity index (χ1) is 10.7. The Kier molecular flexibility index (Phi) is 3.87. The topological polar surface area (TPSA) is 59.8 Å². The van der Waals surface area contributed by atoms with Crippen LogP contribution in [0.1, 0.15) is 24.2 Å². The second-order valence-corrected chi connectivity index (χ2v) is 4.98. The van der Waals surface area contributed by atoms with E-state index >= 15 is 0 Å². The minimum absolute atomic E-state index is 0.0947. The molecule has 5 heteroatoms. The van der Waals surface area contributed by atoms with Crippen molar-refractivity contribution < 1.29 is 4.79 Å². The summed E-state index contributed by atoms with van der Waals surface area (Å²) in [5, 5.41) is 7.97. The molecule has 2 heterocycles. The molecule has 112 valence electrons. The maximum Gasteiger partial charge on any atom is 0.252 e. The zero-order chi connectivity index (χ0) is 15.5. The van der Waals surface area contributed by atoms with E-state index in [2.05, 4.69) is 10.4 Å². The Morgan fingerprint density at radius 1 is 1.23 bits per heavy atom. The number of hydrogen-bond donors (Lipinski definition) is 1. The highest BCUT2D eigenvalue weighted by molar-refractivity contribution is 6.06. The van der Waals surface area contributed by atoms with Crippen LogP contribution in [0, 0.1) is 0 Å². The van der Waals surface area contributed by atoms with E-state index in [4.69, 9.17) is 4.98 Å². The minimum Gasteiger partial charge on any atom is -0.352 e. The molecule has 22 heavy (non-hydrogen) atoms. The number of aryl methyl sites for hydroxylation is 1. The maximum atomic E-state index is 12.4. The Hall–Kier alpha value is -2.69. The highest BCUT2D eigenvalue weighted by Gasteiger charge is 2.16. The van der Waals surface area contributed by atoms with E-state index in [0.29, 0.717) is 18.7 Å². The first-order valence-corrected chi connectivity index (χ1v) is 7.44. The molecular weight excluding hydrogens is 276 g/mol. The van der Waals surface area contributed by atoms with Gasteiger partial charge in [0.15, 0.2) is 5.65 Å². The third-order valence-corrected chi connectivity index (χ3v) is 3.56. The summed E-state index contributed by atoms with van der Waals surface area (Å²) in [6.45, 7) is 5.22. The molecular formula is C17H18N4O. The molecule has 1 N–H and O–H groups in total. The summed E-state index contributed by atoms with van der Waals surface area (Å²) in [6.07, 6.45) is 1.71. The number of fused-ring (bicyclic) bond motifs is 1. The molecule has 0 aliphatic carbocycles. The van der Waals surface area contributed by atoms with Crippen molar-refractivity contribution in [3.63, 3.8) is 0 Å². The van der Waals surface area contributed by atoms with Crippen LogP contribution in [0.5, 0.6) is 0 Å². The molecule has 0 fully saturated rings. The van der Waals surface area contributed by atoms with Gasteiger partial charge < -0.3 is 5.32 Å². The molecule has 0 radical (unpaired) electrons. The number of pyridine rings is 1. The summed E-state index contributed by atoms with van der Waals surface area (Å²) in [6, 6.07) is 11.7. The monoisotopic (exact) mass is 294 g/mol. The molecule has 0 bridgehead atoms. The van der Waals surface area contributed by atoms with Crippen LogP contribution in [0.25, 0.3) is 22.3 Å². The first kappa shape index (κ1) is 14.3. The van der Waals surface area contributed by atoms with Gasteiger partial charge in [-0.25, -0.2) is 9.67 Å². The molecule has 5 nitrogen and oxygen atoms in total. The molecule has 0 spiro atoms. The highest BCUT2D eigenvalue weighted by atomic mass is 16.1. The van der Waals surface area contributed by atoms with Gasteiger partial charge in [0.1, 0.15) is 0 Å². The Labute approximate surface area is 129 Å². The Morgan fingerprint density at radius 3 is 2.68 bits per heavy atom. The van der Waals surface area contributed by atoms with Crippen molar-refractivity contribution in [1.29, 1.82) is 0 Å². The molecule has 0 saturated carbocycles. The van der Waals surface area contributed by atoms with E-state index in [9.17, 15) is 4.79 Å². The maximum absolute atomic E-state index is 12.4. The largest absolute Gasteiger partial charge is 0.352 e. The van der Waals surface area contributed by atoms with E-state index in [1.807, 2.05) is 54.9 Å². The lowest BCUT2D eigenvalue weighted by atomic mass is 10.1. The van der Waals surface area contributed by atoms with Crippen molar-refractivity contribution in [2.24, 2.45) is 0 Å². The number of carbonyl (C=O) groups excluding carboxylic acids is 1. The number of hydrogen-bond acceptors (Lipinski definition) is 3. The van der Waals surface area contributed by atoms with Gasteiger partial charge in [0.25, 0.3) is 5.91 Å². The molecule has 0 aliphatic heterocycles. The van der Waals surface area contributed by atoms with Crippen LogP contribution in [0.2, 0.25) is 0 Å². The predicted octanol–water partition coefficient (Wildman–Crippen LogP) is 2.87. The molecule has 0 unspecified atom stereocenters. The predicted molar refractivity (Wildman–Crippen MR) is 86.6 cm³/mol. The molecule has 1 amide bonds. The fourth-order valence-electron chi connectivity index (χ4n) is 2.48. The van der Waals surface area contributed by atoms with Crippen molar-refractivity contribution >= 4 is 16.9 Å². The van der Waals surface area contributed by atoms with Crippen molar-refractivity contribution in [3.8, 4) is 11.3 Å².